The second-order valence-electron chi connectivity index (χ2n) is 7.65. The minimum atomic E-state index is -0.754. The van der Waals surface area contributed by atoms with E-state index >= 15 is 0 Å². The molecule has 3 aromatic heterocycles. The summed E-state index contributed by atoms with van der Waals surface area (Å²) in [6.45, 7) is 2.44. The van der Waals surface area contributed by atoms with Crippen molar-refractivity contribution in [1.29, 1.82) is 0 Å². The number of anilines is 2. The predicted octanol–water partition coefficient (Wildman–Crippen LogP) is 3.44. The standard InChI is InChI=1S/C22H26N6O4/c1-3-31-19-9-5-8-18(24-19)25-21-20(26-27-28(21)2)17-11-10-16(13-23-17)32-15-7-4-6-14(12-15)22(29)30/h5,8-11,13-15H,3-4,6-7,12H2,1-2H3,(H,24,25)(H,29,30)/t14-,15-/m0/s1. The Morgan fingerprint density at radius 3 is 2.91 bits per heavy atom. The number of rotatable bonds is 8. The van der Waals surface area contributed by atoms with Crippen molar-refractivity contribution < 1.29 is 19.4 Å². The Kier molecular flexibility index (Phi) is 6.48. The fourth-order valence-corrected chi connectivity index (χ4v) is 3.76. The van der Waals surface area contributed by atoms with E-state index < -0.39 is 5.97 Å². The first-order chi connectivity index (χ1) is 15.5. The molecule has 2 atom stereocenters. The molecule has 4 rings (SSSR count). The van der Waals surface area contributed by atoms with Crippen LogP contribution in [0.3, 0.4) is 0 Å². The van der Waals surface area contributed by atoms with Crippen LogP contribution in [0.5, 0.6) is 11.6 Å². The van der Waals surface area contributed by atoms with Gasteiger partial charge in [-0.1, -0.05) is 11.3 Å². The number of aromatic nitrogens is 5. The second kappa shape index (κ2) is 9.63. The second-order valence-corrected chi connectivity index (χ2v) is 7.65. The van der Waals surface area contributed by atoms with Gasteiger partial charge in [-0.15, -0.1) is 5.10 Å². The van der Waals surface area contributed by atoms with E-state index in [1.807, 2.05) is 31.2 Å². The zero-order valence-electron chi connectivity index (χ0n) is 18.1. The third-order valence-corrected chi connectivity index (χ3v) is 5.35. The third-order valence-electron chi connectivity index (χ3n) is 5.35. The van der Waals surface area contributed by atoms with Gasteiger partial charge in [-0.3, -0.25) is 9.78 Å². The molecular weight excluding hydrogens is 412 g/mol. The summed E-state index contributed by atoms with van der Waals surface area (Å²) in [4.78, 5) is 20.2. The summed E-state index contributed by atoms with van der Waals surface area (Å²) in [6.07, 6.45) is 4.43. The number of hydrogen-bond donors (Lipinski definition) is 2. The van der Waals surface area contributed by atoms with Crippen molar-refractivity contribution in [3.63, 3.8) is 0 Å². The summed E-state index contributed by atoms with van der Waals surface area (Å²) in [7, 11) is 1.78. The molecule has 1 aliphatic carbocycles. The Morgan fingerprint density at radius 2 is 2.16 bits per heavy atom. The minimum absolute atomic E-state index is 0.116. The van der Waals surface area contributed by atoms with Crippen LogP contribution in [0.1, 0.15) is 32.6 Å². The van der Waals surface area contributed by atoms with Gasteiger partial charge in [0.05, 0.1) is 30.5 Å². The van der Waals surface area contributed by atoms with Crippen LogP contribution >= 0.6 is 0 Å². The van der Waals surface area contributed by atoms with Gasteiger partial charge < -0.3 is 19.9 Å². The van der Waals surface area contributed by atoms with Gasteiger partial charge in [0, 0.05) is 13.1 Å². The summed E-state index contributed by atoms with van der Waals surface area (Å²) in [6, 6.07) is 9.11. The molecule has 0 radical (unpaired) electrons. The highest BCUT2D eigenvalue weighted by molar-refractivity contribution is 5.72. The largest absolute Gasteiger partial charge is 0.489 e. The first kappa shape index (κ1) is 21.5. The normalized spacial score (nSPS) is 18.2. The number of carboxylic acids is 1. The molecule has 0 bridgehead atoms. The molecule has 0 aromatic carbocycles. The maximum atomic E-state index is 11.3. The average molecular weight is 438 g/mol. The van der Waals surface area contributed by atoms with Crippen LogP contribution in [-0.2, 0) is 11.8 Å². The minimum Gasteiger partial charge on any atom is -0.489 e. The summed E-state index contributed by atoms with van der Waals surface area (Å²) in [5.41, 5.74) is 1.20. The van der Waals surface area contributed by atoms with Gasteiger partial charge in [-0.2, -0.15) is 4.98 Å². The molecule has 10 heteroatoms. The van der Waals surface area contributed by atoms with Gasteiger partial charge in [0.2, 0.25) is 5.88 Å². The smallest absolute Gasteiger partial charge is 0.306 e. The van der Waals surface area contributed by atoms with Crippen molar-refractivity contribution in [2.24, 2.45) is 13.0 Å². The fourth-order valence-electron chi connectivity index (χ4n) is 3.76. The van der Waals surface area contributed by atoms with Crippen LogP contribution in [-0.4, -0.2) is 48.7 Å². The number of carboxylic acid groups (broad SMARTS) is 1. The highest BCUT2D eigenvalue weighted by Gasteiger charge is 2.28. The van der Waals surface area contributed by atoms with Crippen molar-refractivity contribution >= 4 is 17.6 Å². The molecule has 168 valence electrons. The monoisotopic (exact) mass is 438 g/mol. The lowest BCUT2D eigenvalue weighted by molar-refractivity contribution is -0.143. The molecule has 3 heterocycles. The molecule has 0 aliphatic heterocycles. The Hall–Kier alpha value is -3.69. The molecule has 2 N–H and O–H groups in total. The number of nitrogens with one attached hydrogen (secondary N) is 1. The first-order valence-electron chi connectivity index (χ1n) is 10.7. The van der Waals surface area contributed by atoms with Crippen LogP contribution in [0.25, 0.3) is 11.4 Å². The van der Waals surface area contributed by atoms with Gasteiger partial charge in [0.15, 0.2) is 11.5 Å². The SMILES string of the molecule is CCOc1cccc(Nc2c(-c3ccc(O[C@H]4CCC[C@H](C(=O)O)C4)cn3)nnn2C)n1. The molecule has 0 saturated heterocycles. The predicted molar refractivity (Wildman–Crippen MR) is 117 cm³/mol. The lowest BCUT2D eigenvalue weighted by Crippen LogP contribution is -2.29. The first-order valence-corrected chi connectivity index (χ1v) is 10.7. The number of pyridine rings is 2. The van der Waals surface area contributed by atoms with Crippen LogP contribution in [0.2, 0.25) is 0 Å². The van der Waals surface area contributed by atoms with Gasteiger partial charge in [0.25, 0.3) is 0 Å². The van der Waals surface area contributed by atoms with Crippen LogP contribution < -0.4 is 14.8 Å². The molecule has 3 aromatic rings. The van der Waals surface area contributed by atoms with E-state index in [2.05, 4.69) is 25.6 Å². The number of hydrogen-bond acceptors (Lipinski definition) is 8. The molecule has 1 saturated carbocycles. The van der Waals surface area contributed by atoms with Crippen molar-refractivity contribution in [3.8, 4) is 23.0 Å². The van der Waals surface area contributed by atoms with E-state index in [0.29, 0.717) is 54.1 Å². The zero-order chi connectivity index (χ0) is 22.5. The molecule has 10 nitrogen and oxygen atoms in total. The Labute approximate surface area is 185 Å². The van der Waals surface area contributed by atoms with Crippen molar-refractivity contribution in [2.45, 2.75) is 38.7 Å². The lowest BCUT2D eigenvalue weighted by Gasteiger charge is -2.27. The number of aryl methyl sites for hydroxylation is 1. The number of nitrogens with zero attached hydrogens (tertiary/aromatic N) is 5. The highest BCUT2D eigenvalue weighted by atomic mass is 16.5. The van der Waals surface area contributed by atoms with E-state index in [1.165, 1.54) is 0 Å². The van der Waals surface area contributed by atoms with Crippen molar-refractivity contribution in [1.82, 2.24) is 25.0 Å². The average Bonchev–Trinajstić information content (AvgIpc) is 3.15. The van der Waals surface area contributed by atoms with Crippen molar-refractivity contribution in [2.75, 3.05) is 11.9 Å². The fraction of sp³-hybridized carbons (Fsp3) is 0.409. The highest BCUT2D eigenvalue weighted by Crippen LogP contribution is 2.30. The van der Waals surface area contributed by atoms with E-state index in [4.69, 9.17) is 9.47 Å². The molecule has 1 aliphatic rings. The van der Waals surface area contributed by atoms with Gasteiger partial charge in [0.1, 0.15) is 11.6 Å². The Morgan fingerprint density at radius 1 is 1.28 bits per heavy atom. The molecule has 0 spiro atoms. The number of aliphatic carboxylic acids is 1. The van der Waals surface area contributed by atoms with Gasteiger partial charge in [-0.05, 0) is 50.8 Å². The molecule has 32 heavy (non-hydrogen) atoms. The van der Waals surface area contributed by atoms with E-state index in [1.54, 1.807) is 24.0 Å². The summed E-state index contributed by atoms with van der Waals surface area (Å²) in [5, 5.41) is 20.8. The Balaban J connectivity index is 1.48. The van der Waals surface area contributed by atoms with Crippen LogP contribution in [0.4, 0.5) is 11.6 Å². The van der Waals surface area contributed by atoms with E-state index in [9.17, 15) is 9.90 Å². The van der Waals surface area contributed by atoms with Gasteiger partial charge >= 0.3 is 5.97 Å². The molecular formula is C22H26N6O4. The molecule has 1 fully saturated rings. The quantitative estimate of drug-likeness (QED) is 0.544. The lowest BCUT2D eigenvalue weighted by atomic mass is 9.87. The molecule has 0 unspecified atom stereocenters. The topological polar surface area (TPSA) is 124 Å². The van der Waals surface area contributed by atoms with Gasteiger partial charge in [-0.25, -0.2) is 4.68 Å². The van der Waals surface area contributed by atoms with E-state index in [0.717, 1.165) is 12.8 Å². The summed E-state index contributed by atoms with van der Waals surface area (Å²) in [5.74, 6) is 1.28. The maximum Gasteiger partial charge on any atom is 0.306 e. The van der Waals surface area contributed by atoms with Crippen molar-refractivity contribution in [3.05, 3.63) is 36.5 Å². The third kappa shape index (κ3) is 4.96. The number of ether oxygens (including phenoxy) is 2. The zero-order valence-corrected chi connectivity index (χ0v) is 18.1. The summed E-state index contributed by atoms with van der Waals surface area (Å²) < 4.78 is 13.1. The number of carbonyl (C=O) groups is 1. The summed E-state index contributed by atoms with van der Waals surface area (Å²) >= 11 is 0. The van der Waals surface area contributed by atoms with Crippen LogP contribution in [0, 0.1) is 5.92 Å². The van der Waals surface area contributed by atoms with E-state index in [-0.39, 0.29) is 12.0 Å². The molecule has 0 amide bonds. The van der Waals surface area contributed by atoms with Crippen LogP contribution in [0.15, 0.2) is 36.5 Å². The maximum absolute atomic E-state index is 11.3. The Bertz CT molecular complexity index is 1070.